The van der Waals surface area contributed by atoms with E-state index >= 15 is 0 Å². The number of nitrogens with two attached hydrogens (primary N) is 1. The molecular formula is C12H21F2N2P. The highest BCUT2D eigenvalue weighted by Crippen LogP contribution is 2.31. The molecule has 1 saturated carbocycles. The third-order valence-corrected chi connectivity index (χ3v) is 3.51. The monoisotopic (exact) mass is 262 g/mol. The lowest BCUT2D eigenvalue weighted by atomic mass is 9.87. The van der Waals surface area contributed by atoms with Crippen LogP contribution in [0.5, 0.6) is 0 Å². The summed E-state index contributed by atoms with van der Waals surface area (Å²) in [7, 11) is 1.54. The average Bonchev–Trinajstić information content (AvgIpc) is 2.25. The molecule has 0 spiro atoms. The predicted octanol–water partition coefficient (Wildman–Crippen LogP) is 3.34. The van der Waals surface area contributed by atoms with Crippen molar-refractivity contribution in [3.8, 4) is 0 Å². The second kappa shape index (κ2) is 5.90. The van der Waals surface area contributed by atoms with Gasteiger partial charge in [-0.05, 0) is 50.3 Å². The predicted molar refractivity (Wildman–Crippen MR) is 71.5 cm³/mol. The first-order valence-electron chi connectivity index (χ1n) is 5.98. The molecule has 17 heavy (non-hydrogen) atoms. The summed E-state index contributed by atoms with van der Waals surface area (Å²) in [6, 6.07) is 0.0162. The SMILES string of the molecule is CC(=CN)C(=NC1CCC(C)CC1)C(F)(F)P. The Bertz CT molecular complexity index is 313. The minimum atomic E-state index is -3.00. The molecule has 1 aliphatic carbocycles. The van der Waals surface area contributed by atoms with Gasteiger partial charge in [-0.2, -0.15) is 8.78 Å². The molecule has 0 amide bonds. The molecule has 0 radical (unpaired) electrons. The molecule has 1 rings (SSSR count). The molecular weight excluding hydrogens is 241 g/mol. The number of hydrogen-bond donors (Lipinski definition) is 1. The summed E-state index contributed by atoms with van der Waals surface area (Å²) in [6.45, 7) is 3.76. The van der Waals surface area contributed by atoms with Gasteiger partial charge < -0.3 is 5.73 Å². The highest BCUT2D eigenvalue weighted by Gasteiger charge is 2.32. The highest BCUT2D eigenvalue weighted by molar-refractivity contribution is 7.20. The van der Waals surface area contributed by atoms with Gasteiger partial charge in [-0.25, -0.2) is 0 Å². The van der Waals surface area contributed by atoms with Gasteiger partial charge in [-0.1, -0.05) is 16.2 Å². The van der Waals surface area contributed by atoms with Crippen molar-refractivity contribution in [1.82, 2.24) is 0 Å². The first-order chi connectivity index (χ1) is 7.84. The minimum Gasteiger partial charge on any atom is -0.404 e. The molecule has 0 heterocycles. The van der Waals surface area contributed by atoms with Crippen molar-refractivity contribution in [2.75, 3.05) is 0 Å². The summed E-state index contributed by atoms with van der Waals surface area (Å²) in [5.41, 5.74) is 2.47. The maximum Gasteiger partial charge on any atom is 0.300 e. The van der Waals surface area contributed by atoms with E-state index in [1.54, 1.807) is 6.92 Å². The van der Waals surface area contributed by atoms with Crippen molar-refractivity contribution in [1.29, 1.82) is 0 Å². The number of alkyl halides is 2. The van der Waals surface area contributed by atoms with Gasteiger partial charge in [0.2, 0.25) is 0 Å². The lowest BCUT2D eigenvalue weighted by molar-refractivity contribution is 0.182. The second-order valence-electron chi connectivity index (χ2n) is 4.86. The van der Waals surface area contributed by atoms with E-state index < -0.39 is 5.66 Å². The minimum absolute atomic E-state index is 0.0162. The topological polar surface area (TPSA) is 38.4 Å². The molecule has 0 bridgehead atoms. The Kier molecular flexibility index (Phi) is 5.05. The van der Waals surface area contributed by atoms with E-state index in [-0.39, 0.29) is 11.8 Å². The number of nitrogens with zero attached hydrogens (tertiary/aromatic N) is 1. The van der Waals surface area contributed by atoms with Crippen LogP contribution in [0, 0.1) is 5.92 Å². The van der Waals surface area contributed by atoms with Crippen LogP contribution in [0.3, 0.4) is 0 Å². The zero-order valence-corrected chi connectivity index (χ0v) is 11.6. The summed E-state index contributed by atoms with van der Waals surface area (Å²) < 4.78 is 26.8. The lowest BCUT2D eigenvalue weighted by Gasteiger charge is -2.25. The first kappa shape index (κ1) is 14.6. The molecule has 1 unspecified atom stereocenters. The van der Waals surface area contributed by atoms with Crippen LogP contribution in [0.25, 0.3) is 0 Å². The van der Waals surface area contributed by atoms with Crippen LogP contribution in [-0.2, 0) is 0 Å². The van der Waals surface area contributed by atoms with Gasteiger partial charge in [0.15, 0.2) is 0 Å². The second-order valence-corrected chi connectivity index (χ2v) is 5.59. The molecule has 0 saturated heterocycles. The van der Waals surface area contributed by atoms with Gasteiger partial charge in [-0.15, -0.1) is 0 Å². The van der Waals surface area contributed by atoms with Crippen molar-refractivity contribution >= 4 is 15.0 Å². The van der Waals surface area contributed by atoms with E-state index in [0.29, 0.717) is 11.5 Å². The van der Waals surface area contributed by atoms with Crippen LogP contribution in [0.1, 0.15) is 39.5 Å². The quantitative estimate of drug-likeness (QED) is 0.615. The fraction of sp³-hybridized carbons (Fsp3) is 0.750. The fourth-order valence-corrected chi connectivity index (χ4v) is 2.39. The van der Waals surface area contributed by atoms with Crippen molar-refractivity contribution in [2.24, 2.45) is 16.6 Å². The van der Waals surface area contributed by atoms with Crippen LogP contribution in [0.2, 0.25) is 0 Å². The van der Waals surface area contributed by atoms with Gasteiger partial charge in [0.25, 0.3) is 5.66 Å². The van der Waals surface area contributed by atoms with Crippen LogP contribution >= 0.6 is 9.24 Å². The Balaban J connectivity index is 2.84. The zero-order valence-electron chi connectivity index (χ0n) is 10.4. The number of aliphatic imine (C=N–C) groups is 1. The first-order valence-corrected chi connectivity index (χ1v) is 6.56. The normalized spacial score (nSPS) is 28.3. The molecule has 1 aliphatic rings. The fourth-order valence-electron chi connectivity index (χ4n) is 2.08. The summed E-state index contributed by atoms with van der Waals surface area (Å²) >= 11 is 0. The smallest absolute Gasteiger partial charge is 0.300 e. The third-order valence-electron chi connectivity index (χ3n) is 3.24. The number of rotatable bonds is 3. The molecule has 0 aromatic carbocycles. The van der Waals surface area contributed by atoms with E-state index in [2.05, 4.69) is 11.9 Å². The van der Waals surface area contributed by atoms with Crippen molar-refractivity contribution in [2.45, 2.75) is 51.2 Å². The van der Waals surface area contributed by atoms with Crippen molar-refractivity contribution in [3.63, 3.8) is 0 Å². The summed E-state index contributed by atoms with van der Waals surface area (Å²) in [4.78, 5) is 4.21. The van der Waals surface area contributed by atoms with E-state index in [0.717, 1.165) is 25.7 Å². The van der Waals surface area contributed by atoms with Gasteiger partial charge in [0.05, 0.1) is 6.04 Å². The Labute approximate surface area is 104 Å². The molecule has 1 atom stereocenters. The standard InChI is InChI=1S/C12H21F2N2P/c1-8-3-5-10(6-4-8)16-11(9(2)7-15)12(13,14)17/h7-8,10H,3-6,15,17H2,1-2H3. The Morgan fingerprint density at radius 1 is 1.35 bits per heavy atom. The van der Waals surface area contributed by atoms with E-state index in [1.807, 2.05) is 0 Å². The molecule has 98 valence electrons. The summed E-state index contributed by atoms with van der Waals surface area (Å²) in [6.07, 6.45) is 5.11. The van der Waals surface area contributed by atoms with Crippen LogP contribution in [0.4, 0.5) is 8.78 Å². The molecule has 2 nitrogen and oxygen atoms in total. The number of allylic oxidation sites excluding steroid dienone is 1. The molecule has 0 aromatic rings. The summed E-state index contributed by atoms with van der Waals surface area (Å²) in [5, 5.41) is 0. The van der Waals surface area contributed by atoms with Crippen LogP contribution in [-0.4, -0.2) is 17.4 Å². The number of halogens is 2. The van der Waals surface area contributed by atoms with Gasteiger partial charge in [0, 0.05) is 0 Å². The number of hydrogen-bond acceptors (Lipinski definition) is 2. The lowest BCUT2D eigenvalue weighted by Crippen LogP contribution is -2.26. The largest absolute Gasteiger partial charge is 0.404 e. The molecule has 1 fully saturated rings. The van der Waals surface area contributed by atoms with Crippen LogP contribution < -0.4 is 5.73 Å². The van der Waals surface area contributed by atoms with Crippen molar-refractivity contribution < 1.29 is 8.78 Å². The average molecular weight is 262 g/mol. The van der Waals surface area contributed by atoms with Gasteiger partial charge >= 0.3 is 0 Å². The maximum absolute atomic E-state index is 13.4. The molecule has 0 aromatic heterocycles. The Morgan fingerprint density at radius 2 is 1.88 bits per heavy atom. The summed E-state index contributed by atoms with van der Waals surface area (Å²) in [5.74, 6) is 0.688. The van der Waals surface area contributed by atoms with E-state index in [4.69, 9.17) is 5.73 Å². The maximum atomic E-state index is 13.4. The third kappa shape index (κ3) is 4.34. The van der Waals surface area contributed by atoms with E-state index in [1.165, 1.54) is 15.4 Å². The van der Waals surface area contributed by atoms with Crippen molar-refractivity contribution in [3.05, 3.63) is 11.8 Å². The molecule has 2 N–H and O–H groups in total. The Hall–Kier alpha value is -0.500. The van der Waals surface area contributed by atoms with Gasteiger partial charge in [0.1, 0.15) is 5.71 Å². The van der Waals surface area contributed by atoms with Gasteiger partial charge in [-0.3, -0.25) is 4.99 Å². The Morgan fingerprint density at radius 3 is 2.29 bits per heavy atom. The highest BCUT2D eigenvalue weighted by atomic mass is 31.0. The van der Waals surface area contributed by atoms with E-state index in [9.17, 15) is 8.78 Å². The molecule has 5 heteroatoms. The zero-order chi connectivity index (χ0) is 13.1. The van der Waals surface area contributed by atoms with Crippen LogP contribution in [0.15, 0.2) is 16.8 Å². The molecule has 0 aliphatic heterocycles.